The van der Waals surface area contributed by atoms with Crippen LogP contribution in [0.25, 0.3) is 0 Å². The minimum atomic E-state index is -0.253. The Morgan fingerprint density at radius 2 is 2.00 bits per heavy atom. The molecule has 1 fully saturated rings. The van der Waals surface area contributed by atoms with Crippen molar-refractivity contribution in [3.8, 4) is 0 Å². The maximum Gasteiger partial charge on any atom is 0.140 e. The molecule has 1 aromatic carbocycles. The highest BCUT2D eigenvalue weighted by Crippen LogP contribution is 2.32. The normalized spacial score (nSPS) is 23.3. The van der Waals surface area contributed by atoms with E-state index in [-0.39, 0.29) is 11.7 Å². The van der Waals surface area contributed by atoms with Gasteiger partial charge in [-0.05, 0) is 49.3 Å². The molecule has 0 amide bonds. The molecule has 1 nitrogen and oxygen atoms in total. The summed E-state index contributed by atoms with van der Waals surface area (Å²) in [5, 5.41) is 0. The summed E-state index contributed by atoms with van der Waals surface area (Å²) < 4.78 is 13.1. The molecule has 0 heterocycles. The fourth-order valence-corrected chi connectivity index (χ4v) is 3.17. The van der Waals surface area contributed by atoms with Crippen LogP contribution in [0.2, 0.25) is 0 Å². The Bertz CT molecular complexity index is 419. The molecule has 0 unspecified atom stereocenters. The summed E-state index contributed by atoms with van der Waals surface area (Å²) in [6.07, 6.45) is 7.36. The number of rotatable bonds is 5. The smallest absolute Gasteiger partial charge is 0.140 e. The summed E-state index contributed by atoms with van der Waals surface area (Å²) in [6, 6.07) is 6.41. The summed E-state index contributed by atoms with van der Waals surface area (Å²) in [5.41, 5.74) is 0.806. The predicted octanol–water partition coefficient (Wildman–Crippen LogP) is 4.54. The summed E-state index contributed by atoms with van der Waals surface area (Å²) in [7, 11) is 0. The third kappa shape index (κ3) is 4.15. The zero-order chi connectivity index (χ0) is 13.7. The maximum atomic E-state index is 13.1. The fraction of sp³-hybridized carbons (Fsp3) is 0.588. The highest BCUT2D eigenvalue weighted by molar-refractivity contribution is 5.83. The average Bonchev–Trinajstić information content (AvgIpc) is 2.40. The van der Waals surface area contributed by atoms with Crippen LogP contribution in [0.5, 0.6) is 0 Å². The molecule has 2 rings (SSSR count). The molecule has 0 atom stereocenters. The Kier molecular flexibility index (Phi) is 5.12. The van der Waals surface area contributed by atoms with Crippen molar-refractivity contribution >= 4 is 5.78 Å². The molecule has 0 spiro atoms. The van der Waals surface area contributed by atoms with E-state index in [0.717, 1.165) is 24.3 Å². The first-order chi connectivity index (χ1) is 9.19. The Hall–Kier alpha value is -1.18. The SMILES string of the molecule is CCCC1CCC(C(=O)Cc2cccc(F)c2)CC1. The van der Waals surface area contributed by atoms with Crippen molar-refractivity contribution in [2.24, 2.45) is 11.8 Å². The first-order valence-corrected chi connectivity index (χ1v) is 7.46. The van der Waals surface area contributed by atoms with Gasteiger partial charge in [0.25, 0.3) is 0 Å². The molecule has 0 saturated heterocycles. The molecule has 2 heteroatoms. The van der Waals surface area contributed by atoms with Gasteiger partial charge < -0.3 is 0 Å². The van der Waals surface area contributed by atoms with Crippen LogP contribution in [0.15, 0.2) is 24.3 Å². The lowest BCUT2D eigenvalue weighted by atomic mass is 9.77. The largest absolute Gasteiger partial charge is 0.299 e. The quantitative estimate of drug-likeness (QED) is 0.761. The Labute approximate surface area is 115 Å². The van der Waals surface area contributed by atoms with Crippen molar-refractivity contribution in [3.63, 3.8) is 0 Å². The van der Waals surface area contributed by atoms with E-state index in [1.165, 1.54) is 37.8 Å². The molecule has 1 aliphatic carbocycles. The van der Waals surface area contributed by atoms with Gasteiger partial charge in [0.05, 0.1) is 0 Å². The maximum absolute atomic E-state index is 13.1. The summed E-state index contributed by atoms with van der Waals surface area (Å²) >= 11 is 0. The zero-order valence-electron chi connectivity index (χ0n) is 11.7. The van der Waals surface area contributed by atoms with E-state index < -0.39 is 0 Å². The number of hydrogen-bond donors (Lipinski definition) is 0. The van der Waals surface area contributed by atoms with E-state index in [1.807, 2.05) is 6.07 Å². The second-order valence-electron chi connectivity index (χ2n) is 5.78. The predicted molar refractivity (Wildman–Crippen MR) is 75.5 cm³/mol. The molecule has 0 aliphatic heterocycles. The van der Waals surface area contributed by atoms with Crippen LogP contribution in [0, 0.1) is 17.7 Å². The van der Waals surface area contributed by atoms with Crippen LogP contribution >= 0.6 is 0 Å². The first-order valence-electron chi connectivity index (χ1n) is 7.46. The van der Waals surface area contributed by atoms with Crippen LogP contribution < -0.4 is 0 Å². The highest BCUT2D eigenvalue weighted by Gasteiger charge is 2.25. The number of carbonyl (C=O) groups excluding carboxylic acids is 1. The van der Waals surface area contributed by atoms with Gasteiger partial charge in [-0.25, -0.2) is 4.39 Å². The zero-order valence-corrected chi connectivity index (χ0v) is 11.7. The van der Waals surface area contributed by atoms with Crippen LogP contribution in [-0.4, -0.2) is 5.78 Å². The van der Waals surface area contributed by atoms with Crippen LogP contribution in [0.1, 0.15) is 51.0 Å². The van der Waals surface area contributed by atoms with E-state index in [1.54, 1.807) is 6.07 Å². The standard InChI is InChI=1S/C17H23FO/c1-2-4-13-7-9-15(10-8-13)17(19)12-14-5-3-6-16(18)11-14/h3,5-6,11,13,15H,2,4,7-10,12H2,1H3. The van der Waals surface area contributed by atoms with E-state index in [2.05, 4.69) is 6.92 Å². The molecule has 0 radical (unpaired) electrons. The molecule has 1 aliphatic rings. The summed E-state index contributed by atoms with van der Waals surface area (Å²) in [5.74, 6) is 1.07. The van der Waals surface area contributed by atoms with Gasteiger partial charge in [0, 0.05) is 12.3 Å². The van der Waals surface area contributed by atoms with E-state index >= 15 is 0 Å². The minimum absolute atomic E-state index is 0.205. The fourth-order valence-electron chi connectivity index (χ4n) is 3.17. The van der Waals surface area contributed by atoms with Crippen LogP contribution in [0.3, 0.4) is 0 Å². The lowest BCUT2D eigenvalue weighted by Gasteiger charge is -2.27. The number of carbonyl (C=O) groups is 1. The van der Waals surface area contributed by atoms with Crippen molar-refractivity contribution in [2.45, 2.75) is 51.9 Å². The molecule has 1 saturated carbocycles. The van der Waals surface area contributed by atoms with Gasteiger partial charge in [-0.2, -0.15) is 0 Å². The minimum Gasteiger partial charge on any atom is -0.299 e. The monoisotopic (exact) mass is 262 g/mol. The van der Waals surface area contributed by atoms with Crippen LogP contribution in [0.4, 0.5) is 4.39 Å². The number of hydrogen-bond acceptors (Lipinski definition) is 1. The van der Waals surface area contributed by atoms with Gasteiger partial charge in [-0.3, -0.25) is 4.79 Å². The Morgan fingerprint density at radius 3 is 2.63 bits per heavy atom. The second kappa shape index (κ2) is 6.83. The Morgan fingerprint density at radius 1 is 1.26 bits per heavy atom. The molecule has 1 aromatic rings. The van der Waals surface area contributed by atoms with Crippen molar-refractivity contribution in [2.75, 3.05) is 0 Å². The summed E-state index contributed by atoms with van der Waals surface area (Å²) in [6.45, 7) is 2.22. The molecule has 0 aromatic heterocycles. The number of Topliss-reactive ketones (excluding diaryl/α,β-unsaturated/α-hetero) is 1. The lowest BCUT2D eigenvalue weighted by Crippen LogP contribution is -2.23. The second-order valence-corrected chi connectivity index (χ2v) is 5.78. The molecule has 0 N–H and O–H groups in total. The molecular formula is C17H23FO. The molecule has 0 bridgehead atoms. The number of halogens is 1. The first kappa shape index (κ1) is 14.2. The van der Waals surface area contributed by atoms with Gasteiger partial charge in [-0.15, -0.1) is 0 Å². The summed E-state index contributed by atoms with van der Waals surface area (Å²) in [4.78, 5) is 12.2. The highest BCUT2D eigenvalue weighted by atomic mass is 19.1. The third-order valence-corrected chi connectivity index (χ3v) is 4.27. The third-order valence-electron chi connectivity index (χ3n) is 4.27. The van der Waals surface area contributed by atoms with Crippen LogP contribution in [-0.2, 0) is 11.2 Å². The van der Waals surface area contributed by atoms with Gasteiger partial charge in [0.15, 0.2) is 0 Å². The van der Waals surface area contributed by atoms with Crippen molar-refractivity contribution in [1.82, 2.24) is 0 Å². The average molecular weight is 262 g/mol. The van der Waals surface area contributed by atoms with Crippen molar-refractivity contribution < 1.29 is 9.18 Å². The van der Waals surface area contributed by atoms with E-state index in [9.17, 15) is 9.18 Å². The number of ketones is 1. The topological polar surface area (TPSA) is 17.1 Å². The van der Waals surface area contributed by atoms with Crippen molar-refractivity contribution in [1.29, 1.82) is 0 Å². The molecule has 104 valence electrons. The molecule has 19 heavy (non-hydrogen) atoms. The van der Waals surface area contributed by atoms with Gasteiger partial charge >= 0.3 is 0 Å². The Balaban J connectivity index is 1.84. The van der Waals surface area contributed by atoms with Gasteiger partial charge in [0.1, 0.15) is 11.6 Å². The lowest BCUT2D eigenvalue weighted by molar-refractivity contribution is -0.123. The molecular weight excluding hydrogens is 239 g/mol. The number of benzene rings is 1. The van der Waals surface area contributed by atoms with E-state index in [4.69, 9.17) is 0 Å². The van der Waals surface area contributed by atoms with Gasteiger partial charge in [-0.1, -0.05) is 31.9 Å². The van der Waals surface area contributed by atoms with Crippen molar-refractivity contribution in [3.05, 3.63) is 35.6 Å². The van der Waals surface area contributed by atoms with E-state index in [0.29, 0.717) is 12.2 Å². The van der Waals surface area contributed by atoms with Gasteiger partial charge in [0.2, 0.25) is 0 Å².